The molecular weight excluding hydrogens is 635 g/mol. The molecule has 0 N–H and O–H groups in total. The monoisotopic (exact) mass is 662 g/mol. The van der Waals surface area contributed by atoms with E-state index in [-0.39, 0.29) is 20.1 Å². The zero-order chi connectivity index (χ0) is 25.1. The Morgan fingerprint density at radius 3 is 2.35 bits per heavy atom. The molecule has 0 aliphatic rings. The van der Waals surface area contributed by atoms with Crippen LogP contribution in [0.1, 0.15) is 36.5 Å². The van der Waals surface area contributed by atoms with Gasteiger partial charge in [0.25, 0.3) is 0 Å². The van der Waals surface area contributed by atoms with Crippen LogP contribution in [-0.2, 0) is 20.1 Å². The van der Waals surface area contributed by atoms with Crippen molar-refractivity contribution in [1.29, 1.82) is 0 Å². The van der Waals surface area contributed by atoms with Crippen molar-refractivity contribution in [3.8, 4) is 22.5 Å². The summed E-state index contributed by atoms with van der Waals surface area (Å²) in [6, 6.07) is 28.7. The first-order valence-electron chi connectivity index (χ1n) is 12.0. The fraction of sp³-hybridized carbons (Fsp3) is 0.156. The standard InChI is InChI=1S/C19H15N2O.C13H12N.Ir/c1-12(2)13-8-10-20-17(11-13)16-6-3-5-14-15-7-4-9-21-19(15)22-18(14)16;1-10-3-6-12(7-4-10)13-8-5-11(2)9-14-13;/h3-5,7-12H,1-2H3;3-6,8-9H,1-2H3;/q2*-1;. The third kappa shape index (κ3) is 5.85. The predicted octanol–water partition coefficient (Wildman–Crippen LogP) is 8.13. The van der Waals surface area contributed by atoms with Crippen molar-refractivity contribution in [2.45, 2.75) is 33.6 Å². The number of benzene rings is 2. The maximum Gasteiger partial charge on any atom is 0.216 e. The Hall–Kier alpha value is -3.66. The summed E-state index contributed by atoms with van der Waals surface area (Å²) >= 11 is 0. The molecule has 0 amide bonds. The zero-order valence-electron chi connectivity index (χ0n) is 21.2. The summed E-state index contributed by atoms with van der Waals surface area (Å²) < 4.78 is 5.96. The van der Waals surface area contributed by atoms with Crippen LogP contribution in [0.15, 0.2) is 89.7 Å². The van der Waals surface area contributed by atoms with Gasteiger partial charge >= 0.3 is 0 Å². The first-order chi connectivity index (χ1) is 17.5. The number of pyridine rings is 3. The van der Waals surface area contributed by atoms with Crippen molar-refractivity contribution in [2.24, 2.45) is 0 Å². The van der Waals surface area contributed by atoms with E-state index in [1.165, 1.54) is 16.7 Å². The summed E-state index contributed by atoms with van der Waals surface area (Å²) in [5.41, 5.74) is 8.91. The molecule has 4 heterocycles. The van der Waals surface area contributed by atoms with Crippen LogP contribution in [0.2, 0.25) is 0 Å². The van der Waals surface area contributed by atoms with E-state index in [0.29, 0.717) is 11.6 Å². The van der Waals surface area contributed by atoms with Crippen molar-refractivity contribution in [3.63, 3.8) is 0 Å². The van der Waals surface area contributed by atoms with Crippen LogP contribution < -0.4 is 0 Å². The molecule has 4 aromatic heterocycles. The largest absolute Gasteiger partial charge is 0.486 e. The first kappa shape index (κ1) is 26.4. The smallest absolute Gasteiger partial charge is 0.216 e. The topological polar surface area (TPSA) is 51.8 Å². The van der Waals surface area contributed by atoms with Crippen molar-refractivity contribution >= 4 is 22.1 Å². The Morgan fingerprint density at radius 1 is 0.784 bits per heavy atom. The van der Waals surface area contributed by atoms with Crippen molar-refractivity contribution in [2.75, 3.05) is 0 Å². The molecule has 0 bridgehead atoms. The molecule has 37 heavy (non-hydrogen) atoms. The third-order valence-electron chi connectivity index (χ3n) is 6.07. The molecule has 4 nitrogen and oxygen atoms in total. The van der Waals surface area contributed by atoms with Gasteiger partial charge in [0.15, 0.2) is 0 Å². The normalized spacial score (nSPS) is 10.7. The molecule has 6 rings (SSSR count). The summed E-state index contributed by atoms with van der Waals surface area (Å²) in [6.07, 6.45) is 5.47. The molecule has 0 saturated heterocycles. The number of nitrogens with zero attached hydrogens (tertiary/aromatic N) is 3. The summed E-state index contributed by atoms with van der Waals surface area (Å²) in [7, 11) is 0. The Kier molecular flexibility index (Phi) is 8.27. The van der Waals surface area contributed by atoms with E-state index in [9.17, 15) is 0 Å². The molecule has 0 spiro atoms. The molecule has 0 aliphatic carbocycles. The number of aromatic nitrogens is 3. The average molecular weight is 662 g/mol. The van der Waals surface area contributed by atoms with Gasteiger partial charge in [0.1, 0.15) is 0 Å². The van der Waals surface area contributed by atoms with Gasteiger partial charge in [0, 0.05) is 44.1 Å². The fourth-order valence-corrected chi connectivity index (χ4v) is 4.00. The summed E-state index contributed by atoms with van der Waals surface area (Å²) in [5, 5.41) is 2.07. The van der Waals surface area contributed by atoms with Gasteiger partial charge in [0.05, 0.1) is 5.58 Å². The van der Waals surface area contributed by atoms with Gasteiger partial charge in [-0.3, -0.25) is 0 Å². The zero-order valence-corrected chi connectivity index (χ0v) is 23.6. The molecule has 5 heteroatoms. The van der Waals surface area contributed by atoms with Gasteiger partial charge in [-0.1, -0.05) is 55.5 Å². The first-order valence-corrected chi connectivity index (χ1v) is 12.0. The van der Waals surface area contributed by atoms with Crippen LogP contribution in [0.5, 0.6) is 0 Å². The Balaban J connectivity index is 0.000000186. The van der Waals surface area contributed by atoms with Crippen LogP contribution in [0.4, 0.5) is 0 Å². The second-order valence-electron chi connectivity index (χ2n) is 9.18. The van der Waals surface area contributed by atoms with Crippen LogP contribution in [0.25, 0.3) is 44.6 Å². The van der Waals surface area contributed by atoms with Gasteiger partial charge in [-0.05, 0) is 48.0 Å². The number of hydrogen-bond donors (Lipinski definition) is 0. The molecule has 1 radical (unpaired) electrons. The minimum absolute atomic E-state index is 0. The molecule has 0 aliphatic heterocycles. The second-order valence-corrected chi connectivity index (χ2v) is 9.18. The van der Waals surface area contributed by atoms with E-state index in [4.69, 9.17) is 4.42 Å². The Morgan fingerprint density at radius 2 is 1.62 bits per heavy atom. The van der Waals surface area contributed by atoms with Gasteiger partial charge in [0.2, 0.25) is 5.71 Å². The predicted molar refractivity (Wildman–Crippen MR) is 146 cm³/mol. The van der Waals surface area contributed by atoms with Crippen LogP contribution in [0.3, 0.4) is 0 Å². The van der Waals surface area contributed by atoms with Gasteiger partial charge < -0.3 is 14.4 Å². The molecule has 6 aromatic rings. The van der Waals surface area contributed by atoms with Gasteiger partial charge in [-0.2, -0.15) is 0 Å². The number of rotatable bonds is 3. The van der Waals surface area contributed by atoms with E-state index in [2.05, 4.69) is 72.1 Å². The summed E-state index contributed by atoms with van der Waals surface area (Å²) in [5.74, 6) is 0.457. The van der Waals surface area contributed by atoms with Crippen molar-refractivity contribution < 1.29 is 24.5 Å². The van der Waals surface area contributed by atoms with Crippen molar-refractivity contribution in [1.82, 2.24) is 15.0 Å². The SMILES string of the molecule is CC(C)c1ccnc(-c2[c-]ccc3c2oc2ncccc23)c1.Cc1c[c-]c(-c2ccc(C)cn2)cc1.[Ir]. The number of aryl methyl sites for hydroxylation is 2. The fourth-order valence-electron chi connectivity index (χ4n) is 4.00. The average Bonchev–Trinajstić information content (AvgIpc) is 3.29. The Labute approximate surface area is 231 Å². The maximum atomic E-state index is 5.96. The number of fused-ring (bicyclic) bond motifs is 3. The molecule has 2 aromatic carbocycles. The molecule has 0 fully saturated rings. The van der Waals surface area contributed by atoms with E-state index in [1.807, 2.05) is 61.8 Å². The minimum Gasteiger partial charge on any atom is -0.486 e. The molecular formula is C32H27IrN3O-2. The molecule has 0 unspecified atom stereocenters. The minimum atomic E-state index is 0. The third-order valence-corrected chi connectivity index (χ3v) is 6.07. The van der Waals surface area contributed by atoms with Gasteiger partial charge in [-0.15, -0.1) is 53.6 Å². The van der Waals surface area contributed by atoms with E-state index >= 15 is 0 Å². The number of hydrogen-bond acceptors (Lipinski definition) is 4. The van der Waals surface area contributed by atoms with Gasteiger partial charge in [-0.25, -0.2) is 4.98 Å². The second kappa shape index (κ2) is 11.6. The van der Waals surface area contributed by atoms with Crippen LogP contribution in [0, 0.1) is 26.0 Å². The van der Waals surface area contributed by atoms with E-state index in [1.54, 1.807) is 6.20 Å². The Bertz CT molecular complexity index is 1580. The molecule has 0 saturated carbocycles. The number of furan rings is 1. The van der Waals surface area contributed by atoms with E-state index < -0.39 is 0 Å². The summed E-state index contributed by atoms with van der Waals surface area (Å²) in [6.45, 7) is 8.45. The quantitative estimate of drug-likeness (QED) is 0.180. The van der Waals surface area contributed by atoms with Crippen LogP contribution >= 0.6 is 0 Å². The molecule has 187 valence electrons. The molecule has 0 atom stereocenters. The summed E-state index contributed by atoms with van der Waals surface area (Å²) in [4.78, 5) is 13.1. The van der Waals surface area contributed by atoms with E-state index in [0.717, 1.165) is 38.9 Å². The van der Waals surface area contributed by atoms with Crippen LogP contribution in [-0.4, -0.2) is 15.0 Å². The van der Waals surface area contributed by atoms with Crippen molar-refractivity contribution in [3.05, 3.63) is 114 Å². The maximum absolute atomic E-state index is 5.96.